The van der Waals surface area contributed by atoms with Gasteiger partial charge in [0.25, 0.3) is 0 Å². The van der Waals surface area contributed by atoms with E-state index in [0.717, 1.165) is 27.3 Å². The third kappa shape index (κ3) is 5.22. The van der Waals surface area contributed by atoms with Crippen LogP contribution in [0.5, 0.6) is 0 Å². The largest absolute Gasteiger partial charge is 0.391 e. The van der Waals surface area contributed by atoms with E-state index in [0.29, 0.717) is 11.5 Å². The van der Waals surface area contributed by atoms with Crippen LogP contribution in [0.15, 0.2) is 34.3 Å². The monoisotopic (exact) mass is 510 g/mol. The van der Waals surface area contributed by atoms with Crippen molar-refractivity contribution in [3.63, 3.8) is 0 Å². The van der Waals surface area contributed by atoms with Crippen LogP contribution in [-0.4, -0.2) is 50.7 Å². The lowest BCUT2D eigenvalue weighted by molar-refractivity contribution is -0.141. The molecule has 0 unspecified atom stereocenters. The summed E-state index contributed by atoms with van der Waals surface area (Å²) in [6.07, 6.45) is -0.555. The van der Waals surface area contributed by atoms with Gasteiger partial charge < -0.3 is 19.8 Å². The van der Waals surface area contributed by atoms with E-state index in [9.17, 15) is 14.7 Å². The van der Waals surface area contributed by atoms with Crippen LogP contribution < -0.4 is 5.32 Å². The molecule has 8 nitrogen and oxygen atoms in total. The number of amides is 2. The molecule has 2 amide bonds. The summed E-state index contributed by atoms with van der Waals surface area (Å²) in [5, 5.41) is 17.4. The number of nitrogens with zero attached hydrogens (tertiary/aromatic N) is 3. The van der Waals surface area contributed by atoms with Crippen LogP contribution in [-0.2, 0) is 9.59 Å². The first-order valence-corrected chi connectivity index (χ1v) is 13.2. The number of aliphatic hydroxyl groups is 1. The molecule has 3 aromatic rings. The molecule has 0 radical (unpaired) electrons. The Balaban J connectivity index is 1.51. The second-order valence-electron chi connectivity index (χ2n) is 10.1. The third-order valence-electron chi connectivity index (χ3n) is 6.85. The van der Waals surface area contributed by atoms with Gasteiger partial charge in [-0.25, -0.2) is 4.98 Å². The van der Waals surface area contributed by atoms with E-state index in [-0.39, 0.29) is 36.7 Å². The Morgan fingerprint density at radius 2 is 1.94 bits per heavy atom. The zero-order chi connectivity index (χ0) is 26.1. The van der Waals surface area contributed by atoms with Crippen LogP contribution in [0.2, 0.25) is 0 Å². The average molecular weight is 511 g/mol. The molecule has 1 aliphatic rings. The molecular weight excluding hydrogens is 476 g/mol. The van der Waals surface area contributed by atoms with Crippen molar-refractivity contribution in [3.8, 4) is 10.4 Å². The van der Waals surface area contributed by atoms with Crippen molar-refractivity contribution in [3.05, 3.63) is 58.1 Å². The predicted octanol–water partition coefficient (Wildman–Crippen LogP) is 4.30. The van der Waals surface area contributed by atoms with Crippen molar-refractivity contribution in [1.29, 1.82) is 0 Å². The van der Waals surface area contributed by atoms with E-state index in [2.05, 4.69) is 21.5 Å². The van der Waals surface area contributed by atoms with Crippen LogP contribution in [0.4, 0.5) is 0 Å². The van der Waals surface area contributed by atoms with Crippen LogP contribution in [0.1, 0.15) is 67.4 Å². The summed E-state index contributed by atoms with van der Waals surface area (Å²) < 4.78 is 5.41. The summed E-state index contributed by atoms with van der Waals surface area (Å²) in [5.74, 6) is -0.660. The molecule has 0 aliphatic carbocycles. The van der Waals surface area contributed by atoms with E-state index in [4.69, 9.17) is 4.52 Å². The molecule has 4 atom stereocenters. The molecule has 9 heteroatoms. The van der Waals surface area contributed by atoms with Gasteiger partial charge in [-0.1, -0.05) is 37.2 Å². The SMILES string of the molecule is Cc1cc([C@H](C(=O)N2C[C@H](O)C[C@H]2C(=O)N[C@@H](C)c2ccc(-c3scnc3C)cc2C)C(C)C)on1. The number of rotatable bonds is 7. The number of aryl methyl sites for hydroxylation is 3. The molecule has 192 valence electrons. The van der Waals surface area contributed by atoms with Crippen molar-refractivity contribution in [1.82, 2.24) is 20.4 Å². The van der Waals surface area contributed by atoms with Crippen LogP contribution in [0.25, 0.3) is 10.4 Å². The number of hydrogen-bond acceptors (Lipinski definition) is 7. The topological polar surface area (TPSA) is 109 Å². The lowest BCUT2D eigenvalue weighted by Gasteiger charge is -2.29. The minimum absolute atomic E-state index is 0.0615. The van der Waals surface area contributed by atoms with Crippen molar-refractivity contribution >= 4 is 23.2 Å². The molecule has 1 saturated heterocycles. The van der Waals surface area contributed by atoms with Gasteiger partial charge in [0, 0.05) is 19.0 Å². The van der Waals surface area contributed by atoms with Gasteiger partial charge in [-0.05, 0) is 50.3 Å². The molecule has 2 aromatic heterocycles. The second-order valence-corrected chi connectivity index (χ2v) is 10.9. The lowest BCUT2D eigenvalue weighted by Crippen LogP contribution is -2.48. The smallest absolute Gasteiger partial charge is 0.243 e. The first-order valence-electron chi connectivity index (χ1n) is 12.3. The highest BCUT2D eigenvalue weighted by atomic mass is 32.1. The predicted molar refractivity (Wildman–Crippen MR) is 139 cm³/mol. The number of nitrogens with one attached hydrogen (secondary N) is 1. The van der Waals surface area contributed by atoms with Crippen molar-refractivity contribution < 1.29 is 19.2 Å². The van der Waals surface area contributed by atoms with E-state index in [1.54, 1.807) is 24.3 Å². The minimum Gasteiger partial charge on any atom is -0.391 e. The summed E-state index contributed by atoms with van der Waals surface area (Å²) >= 11 is 1.61. The molecule has 36 heavy (non-hydrogen) atoms. The summed E-state index contributed by atoms with van der Waals surface area (Å²) in [6.45, 7) is 11.7. The fourth-order valence-electron chi connectivity index (χ4n) is 5.02. The maximum absolute atomic E-state index is 13.6. The Kier molecular flexibility index (Phi) is 7.61. The molecule has 1 fully saturated rings. The van der Waals surface area contributed by atoms with E-state index >= 15 is 0 Å². The highest BCUT2D eigenvalue weighted by Crippen LogP contribution is 2.32. The normalized spacial score (nSPS) is 19.5. The Hall–Kier alpha value is -3.04. The van der Waals surface area contributed by atoms with Gasteiger partial charge in [0.05, 0.1) is 33.9 Å². The molecule has 4 rings (SSSR count). The number of β-amino-alcohol motifs (C(OH)–C–C–N with tert-alkyl or cyclic N) is 1. The number of carbonyl (C=O) groups is 2. The number of benzene rings is 1. The Morgan fingerprint density at radius 3 is 2.53 bits per heavy atom. The maximum Gasteiger partial charge on any atom is 0.243 e. The van der Waals surface area contributed by atoms with Gasteiger partial charge in [-0.3, -0.25) is 9.59 Å². The first kappa shape index (κ1) is 26.0. The third-order valence-corrected chi connectivity index (χ3v) is 7.83. The molecular formula is C27H34N4O4S. The maximum atomic E-state index is 13.6. The summed E-state index contributed by atoms with van der Waals surface area (Å²) in [4.78, 5) is 33.9. The fourth-order valence-corrected chi connectivity index (χ4v) is 5.82. The second kappa shape index (κ2) is 10.5. The van der Waals surface area contributed by atoms with Gasteiger partial charge >= 0.3 is 0 Å². The molecule has 1 aromatic carbocycles. The molecule has 2 N–H and O–H groups in total. The standard InChI is InChI=1S/C27H34N4O4S/c1-14(2)24(23-10-16(4)30-35-23)27(34)31-12-20(32)11-22(31)26(33)29-17(5)21-8-7-19(9-15(21)3)25-18(6)28-13-36-25/h7-10,13-14,17,20,22,24,32H,11-12H2,1-6H3,(H,29,33)/t17-,20+,22-,24+/m0/s1. The van der Waals surface area contributed by atoms with E-state index < -0.39 is 18.1 Å². The summed E-state index contributed by atoms with van der Waals surface area (Å²) in [7, 11) is 0. The highest BCUT2D eigenvalue weighted by Gasteiger charge is 2.43. The molecule has 1 aliphatic heterocycles. The molecule has 0 bridgehead atoms. The van der Waals surface area contributed by atoms with Gasteiger partial charge in [0.1, 0.15) is 17.7 Å². The Bertz CT molecular complexity index is 1250. The Labute approximate surface area is 215 Å². The van der Waals surface area contributed by atoms with Gasteiger partial charge in [-0.2, -0.15) is 0 Å². The number of aromatic nitrogens is 2. The number of hydrogen-bond donors (Lipinski definition) is 2. The number of thiazole rings is 1. The van der Waals surface area contributed by atoms with Crippen LogP contribution in [0.3, 0.4) is 0 Å². The fraction of sp³-hybridized carbons (Fsp3) is 0.481. The summed E-state index contributed by atoms with van der Waals surface area (Å²) in [5.41, 5.74) is 6.70. The van der Waals surface area contributed by atoms with Gasteiger partial charge in [0.2, 0.25) is 11.8 Å². The average Bonchev–Trinajstić information content (AvgIpc) is 3.53. The van der Waals surface area contributed by atoms with E-state index in [1.165, 1.54) is 4.90 Å². The summed E-state index contributed by atoms with van der Waals surface area (Å²) in [6, 6.07) is 6.93. The number of likely N-dealkylation sites (tertiary alicyclic amines) is 1. The molecule has 0 spiro atoms. The van der Waals surface area contributed by atoms with Crippen molar-refractivity contribution in [2.24, 2.45) is 5.92 Å². The number of aliphatic hydroxyl groups excluding tert-OH is 1. The van der Waals surface area contributed by atoms with E-state index in [1.807, 2.05) is 52.3 Å². The molecule has 0 saturated carbocycles. The molecule has 3 heterocycles. The minimum atomic E-state index is -0.757. The number of carbonyl (C=O) groups excluding carboxylic acids is 2. The zero-order valence-electron chi connectivity index (χ0n) is 21.6. The van der Waals surface area contributed by atoms with Crippen LogP contribution >= 0.6 is 11.3 Å². The van der Waals surface area contributed by atoms with Crippen LogP contribution in [0, 0.1) is 26.7 Å². The zero-order valence-corrected chi connectivity index (χ0v) is 22.4. The first-order chi connectivity index (χ1) is 17.1. The highest BCUT2D eigenvalue weighted by molar-refractivity contribution is 7.13. The Morgan fingerprint density at radius 1 is 1.19 bits per heavy atom. The van der Waals surface area contributed by atoms with Gasteiger partial charge in [-0.15, -0.1) is 11.3 Å². The van der Waals surface area contributed by atoms with Crippen molar-refractivity contribution in [2.45, 2.75) is 72.1 Å². The quantitative estimate of drug-likeness (QED) is 0.491. The van der Waals surface area contributed by atoms with Gasteiger partial charge in [0.15, 0.2) is 0 Å². The lowest BCUT2D eigenvalue weighted by atomic mass is 9.91. The van der Waals surface area contributed by atoms with Crippen molar-refractivity contribution in [2.75, 3.05) is 6.54 Å².